The lowest BCUT2D eigenvalue weighted by molar-refractivity contribution is 0.0691. The highest BCUT2D eigenvalue weighted by molar-refractivity contribution is 9.13. The third kappa shape index (κ3) is 2.17. The van der Waals surface area contributed by atoms with E-state index in [-0.39, 0.29) is 10.0 Å². The molecule has 88 valence electrons. The smallest absolute Gasteiger partial charge is 0.339 e. The van der Waals surface area contributed by atoms with Crippen LogP contribution < -0.4 is 0 Å². The minimum atomic E-state index is -1.26. The molecule has 0 saturated carbocycles. The molecule has 0 fully saturated rings. The van der Waals surface area contributed by atoms with Crippen molar-refractivity contribution in [1.29, 1.82) is 0 Å². The first kappa shape index (κ1) is 13.3. The van der Waals surface area contributed by atoms with E-state index in [9.17, 15) is 15.0 Å². The second kappa shape index (κ2) is 5.05. The van der Waals surface area contributed by atoms with Gasteiger partial charge in [0.15, 0.2) is 11.5 Å². The summed E-state index contributed by atoms with van der Waals surface area (Å²) in [7, 11) is 0. The second-order valence-corrected chi connectivity index (χ2v) is 4.82. The van der Waals surface area contributed by atoms with Crippen LogP contribution in [0, 0.1) is 0 Å². The molecule has 16 heavy (non-hydrogen) atoms. The van der Waals surface area contributed by atoms with Gasteiger partial charge in [0, 0.05) is 4.47 Å². The highest BCUT2D eigenvalue weighted by Crippen LogP contribution is 2.44. The van der Waals surface area contributed by atoms with Crippen molar-refractivity contribution in [3.8, 4) is 11.5 Å². The standard InChI is InChI=1S/C10H10Br2O4/c1-2-3-4-5(10(15)16)8(13)9(14)7(12)6(4)11/h13-14H,2-3H2,1H3,(H,15,16). The Hall–Kier alpha value is -0.750. The number of carboxylic acids is 1. The molecule has 0 atom stereocenters. The Morgan fingerprint density at radius 2 is 1.75 bits per heavy atom. The van der Waals surface area contributed by atoms with Crippen LogP contribution in [0.4, 0.5) is 0 Å². The molecule has 0 bridgehead atoms. The number of carbonyl (C=O) groups is 1. The summed E-state index contributed by atoms with van der Waals surface area (Å²) in [6, 6.07) is 0. The van der Waals surface area contributed by atoms with E-state index in [1.54, 1.807) is 0 Å². The van der Waals surface area contributed by atoms with Gasteiger partial charge in [-0.25, -0.2) is 4.79 Å². The number of phenolic OH excluding ortho intramolecular Hbond substituents is 1. The largest absolute Gasteiger partial charge is 0.504 e. The number of hydrogen-bond acceptors (Lipinski definition) is 3. The first-order valence-corrected chi connectivity index (χ1v) is 6.15. The summed E-state index contributed by atoms with van der Waals surface area (Å²) < 4.78 is 0.723. The van der Waals surface area contributed by atoms with E-state index in [1.165, 1.54) is 0 Å². The molecule has 6 heteroatoms. The average Bonchev–Trinajstić information content (AvgIpc) is 2.23. The predicted molar refractivity (Wildman–Crippen MR) is 66.1 cm³/mol. The van der Waals surface area contributed by atoms with Gasteiger partial charge in [0.05, 0.1) is 4.47 Å². The first-order valence-electron chi connectivity index (χ1n) is 4.56. The molecule has 1 aromatic carbocycles. The van der Waals surface area contributed by atoms with Crippen LogP contribution in [0.1, 0.15) is 29.3 Å². The molecular weight excluding hydrogens is 344 g/mol. The summed E-state index contributed by atoms with van der Waals surface area (Å²) in [4.78, 5) is 11.0. The van der Waals surface area contributed by atoms with E-state index in [4.69, 9.17) is 5.11 Å². The SMILES string of the molecule is CCCc1c(Br)c(Br)c(O)c(O)c1C(=O)O. The maximum atomic E-state index is 11.0. The number of hydrogen-bond donors (Lipinski definition) is 3. The second-order valence-electron chi connectivity index (χ2n) is 3.23. The van der Waals surface area contributed by atoms with Crippen LogP contribution in [0.15, 0.2) is 8.95 Å². The molecule has 0 spiro atoms. The van der Waals surface area contributed by atoms with Crippen LogP contribution in [0.25, 0.3) is 0 Å². The minimum Gasteiger partial charge on any atom is -0.504 e. The molecular formula is C10H10Br2O4. The minimum absolute atomic E-state index is 0.255. The number of rotatable bonds is 3. The van der Waals surface area contributed by atoms with Crippen LogP contribution in [0.5, 0.6) is 11.5 Å². The number of carboxylic acid groups (broad SMARTS) is 1. The van der Waals surface area contributed by atoms with Gasteiger partial charge >= 0.3 is 5.97 Å². The van der Waals surface area contributed by atoms with Gasteiger partial charge in [-0.2, -0.15) is 0 Å². The van der Waals surface area contributed by atoms with Crippen molar-refractivity contribution in [2.24, 2.45) is 0 Å². The van der Waals surface area contributed by atoms with Crippen molar-refractivity contribution in [2.75, 3.05) is 0 Å². The van der Waals surface area contributed by atoms with E-state index in [0.29, 0.717) is 16.5 Å². The molecule has 1 rings (SSSR count). The Morgan fingerprint density at radius 1 is 1.19 bits per heavy atom. The fourth-order valence-corrected chi connectivity index (χ4v) is 2.44. The predicted octanol–water partition coefficient (Wildman–Crippen LogP) is 3.27. The fourth-order valence-electron chi connectivity index (χ4n) is 1.43. The van der Waals surface area contributed by atoms with E-state index >= 15 is 0 Å². The number of aromatic hydroxyl groups is 2. The van der Waals surface area contributed by atoms with Gasteiger partial charge in [0.25, 0.3) is 0 Å². The lowest BCUT2D eigenvalue weighted by Crippen LogP contribution is -2.05. The van der Waals surface area contributed by atoms with Gasteiger partial charge < -0.3 is 15.3 Å². The third-order valence-corrected chi connectivity index (χ3v) is 4.32. The molecule has 0 radical (unpaired) electrons. The van der Waals surface area contributed by atoms with Crippen molar-refractivity contribution in [1.82, 2.24) is 0 Å². The third-order valence-electron chi connectivity index (χ3n) is 2.14. The van der Waals surface area contributed by atoms with Gasteiger partial charge in [0.1, 0.15) is 5.56 Å². The molecule has 0 aliphatic heterocycles. The van der Waals surface area contributed by atoms with Gasteiger partial charge in [-0.1, -0.05) is 13.3 Å². The van der Waals surface area contributed by atoms with Crippen molar-refractivity contribution < 1.29 is 20.1 Å². The summed E-state index contributed by atoms with van der Waals surface area (Å²) in [6.45, 7) is 1.90. The molecule has 0 unspecified atom stereocenters. The highest BCUT2D eigenvalue weighted by Gasteiger charge is 2.24. The van der Waals surface area contributed by atoms with Crippen molar-refractivity contribution in [2.45, 2.75) is 19.8 Å². The summed E-state index contributed by atoms with van der Waals surface area (Å²) in [5.41, 5.74) is 0.214. The quantitative estimate of drug-likeness (QED) is 0.729. The van der Waals surface area contributed by atoms with Crippen molar-refractivity contribution in [3.05, 3.63) is 20.1 Å². The summed E-state index contributed by atoms with van der Waals surface area (Å²) >= 11 is 6.29. The molecule has 0 aliphatic carbocycles. The molecule has 0 heterocycles. The van der Waals surface area contributed by atoms with Crippen LogP contribution >= 0.6 is 31.9 Å². The Bertz CT molecular complexity index is 443. The number of halogens is 2. The molecule has 0 saturated heterocycles. The number of phenols is 2. The van der Waals surface area contributed by atoms with Gasteiger partial charge in [-0.15, -0.1) is 0 Å². The van der Waals surface area contributed by atoms with Crippen LogP contribution in [-0.2, 0) is 6.42 Å². The molecule has 0 amide bonds. The Kier molecular flexibility index (Phi) is 4.21. The van der Waals surface area contributed by atoms with E-state index in [2.05, 4.69) is 31.9 Å². The van der Waals surface area contributed by atoms with Crippen LogP contribution in [0.2, 0.25) is 0 Å². The summed E-state index contributed by atoms with van der Waals surface area (Å²) in [6.07, 6.45) is 1.23. The Balaban J connectivity index is 3.61. The molecule has 0 aliphatic rings. The summed E-state index contributed by atoms with van der Waals surface area (Å²) in [5, 5.41) is 28.1. The van der Waals surface area contributed by atoms with Gasteiger partial charge in [-0.3, -0.25) is 0 Å². The topological polar surface area (TPSA) is 77.8 Å². The van der Waals surface area contributed by atoms with E-state index in [1.807, 2.05) is 6.92 Å². The summed E-state index contributed by atoms with van der Waals surface area (Å²) in [5.74, 6) is -2.33. The molecule has 4 nitrogen and oxygen atoms in total. The number of benzene rings is 1. The van der Waals surface area contributed by atoms with E-state index < -0.39 is 17.5 Å². The van der Waals surface area contributed by atoms with Gasteiger partial charge in [-0.05, 0) is 43.8 Å². The van der Waals surface area contributed by atoms with E-state index in [0.717, 1.165) is 6.42 Å². The first-order chi connectivity index (χ1) is 7.41. The normalized spacial score (nSPS) is 10.4. The number of aromatic carboxylic acids is 1. The zero-order valence-electron chi connectivity index (χ0n) is 8.42. The molecule has 1 aromatic rings. The Labute approximate surface area is 109 Å². The fraction of sp³-hybridized carbons (Fsp3) is 0.300. The maximum absolute atomic E-state index is 11.0. The lowest BCUT2D eigenvalue weighted by Gasteiger charge is -2.13. The van der Waals surface area contributed by atoms with Crippen LogP contribution in [0.3, 0.4) is 0 Å². The van der Waals surface area contributed by atoms with Crippen molar-refractivity contribution >= 4 is 37.8 Å². The highest BCUT2D eigenvalue weighted by atomic mass is 79.9. The molecule has 3 N–H and O–H groups in total. The zero-order valence-corrected chi connectivity index (χ0v) is 11.6. The van der Waals surface area contributed by atoms with Crippen LogP contribution in [-0.4, -0.2) is 21.3 Å². The zero-order chi connectivity index (χ0) is 12.5. The monoisotopic (exact) mass is 352 g/mol. The molecule has 0 aromatic heterocycles. The maximum Gasteiger partial charge on any atom is 0.339 e. The van der Waals surface area contributed by atoms with Gasteiger partial charge in [0.2, 0.25) is 0 Å². The lowest BCUT2D eigenvalue weighted by atomic mass is 10.0. The van der Waals surface area contributed by atoms with Crippen molar-refractivity contribution in [3.63, 3.8) is 0 Å². The Morgan fingerprint density at radius 3 is 2.19 bits per heavy atom. The average molecular weight is 354 g/mol.